The fraction of sp³-hybridized carbons (Fsp3) is 0.625. The Morgan fingerprint density at radius 2 is 2.45 bits per heavy atom. The quantitative estimate of drug-likeness (QED) is 0.691. The van der Waals surface area contributed by atoms with Crippen LogP contribution in [0.25, 0.3) is 0 Å². The molecule has 1 heterocycles. The molecule has 0 unspecified atom stereocenters. The van der Waals surface area contributed by atoms with Crippen molar-refractivity contribution >= 4 is 0 Å². The lowest BCUT2D eigenvalue weighted by Crippen LogP contribution is -2.08. The lowest BCUT2D eigenvalue weighted by atomic mass is 10.4. The van der Waals surface area contributed by atoms with E-state index in [9.17, 15) is 0 Å². The van der Waals surface area contributed by atoms with Crippen LogP contribution in [0.4, 0.5) is 0 Å². The smallest absolute Gasteiger partial charge is 0.110 e. The van der Waals surface area contributed by atoms with E-state index in [1.54, 1.807) is 0 Å². The highest BCUT2D eigenvalue weighted by Gasteiger charge is 2.24. The standard InChI is InChI=1S/C8H13N3/c9-4-3-8-10-5-6-11(8)7-1-2-7/h5-7H,1-4,9H2. The van der Waals surface area contributed by atoms with Gasteiger partial charge in [0.2, 0.25) is 0 Å². The van der Waals surface area contributed by atoms with Gasteiger partial charge in [-0.2, -0.15) is 0 Å². The third kappa shape index (κ3) is 1.28. The average molecular weight is 151 g/mol. The van der Waals surface area contributed by atoms with Crippen LogP contribution >= 0.6 is 0 Å². The molecule has 11 heavy (non-hydrogen) atoms. The summed E-state index contributed by atoms with van der Waals surface area (Å²) < 4.78 is 2.26. The van der Waals surface area contributed by atoms with Gasteiger partial charge in [0.15, 0.2) is 0 Å². The summed E-state index contributed by atoms with van der Waals surface area (Å²) in [4.78, 5) is 4.25. The van der Waals surface area contributed by atoms with E-state index >= 15 is 0 Å². The van der Waals surface area contributed by atoms with Crippen LogP contribution < -0.4 is 5.73 Å². The SMILES string of the molecule is NCCc1nccn1C1CC1. The minimum absolute atomic E-state index is 0.698. The molecule has 1 aliphatic rings. The Morgan fingerprint density at radius 1 is 1.64 bits per heavy atom. The molecular weight excluding hydrogens is 138 g/mol. The van der Waals surface area contributed by atoms with Gasteiger partial charge in [-0.3, -0.25) is 0 Å². The Hall–Kier alpha value is -0.830. The van der Waals surface area contributed by atoms with Crippen molar-refractivity contribution in [1.82, 2.24) is 9.55 Å². The Labute approximate surface area is 66.2 Å². The van der Waals surface area contributed by atoms with E-state index in [0.29, 0.717) is 6.54 Å². The summed E-state index contributed by atoms with van der Waals surface area (Å²) in [5.74, 6) is 1.15. The second-order valence-corrected chi connectivity index (χ2v) is 3.02. The molecule has 1 aromatic heterocycles. The van der Waals surface area contributed by atoms with Crippen molar-refractivity contribution in [2.45, 2.75) is 25.3 Å². The van der Waals surface area contributed by atoms with Gasteiger partial charge in [-0.05, 0) is 19.4 Å². The van der Waals surface area contributed by atoms with Gasteiger partial charge in [0.25, 0.3) is 0 Å². The lowest BCUT2D eigenvalue weighted by molar-refractivity contribution is 0.677. The summed E-state index contributed by atoms with van der Waals surface area (Å²) in [6, 6.07) is 0.735. The minimum Gasteiger partial charge on any atom is -0.332 e. The third-order valence-corrected chi connectivity index (χ3v) is 2.06. The molecule has 1 aliphatic carbocycles. The first kappa shape index (κ1) is 6.85. The summed E-state index contributed by atoms with van der Waals surface area (Å²) in [5.41, 5.74) is 5.46. The van der Waals surface area contributed by atoms with Crippen molar-refractivity contribution in [2.24, 2.45) is 5.73 Å². The van der Waals surface area contributed by atoms with Crippen LogP contribution in [0.5, 0.6) is 0 Å². The first-order chi connectivity index (χ1) is 5.42. The third-order valence-electron chi connectivity index (χ3n) is 2.06. The predicted octanol–water partition coefficient (Wildman–Crippen LogP) is 0.719. The van der Waals surface area contributed by atoms with Crippen LogP contribution in [0.3, 0.4) is 0 Å². The molecular formula is C8H13N3. The van der Waals surface area contributed by atoms with Crippen LogP contribution in [0, 0.1) is 0 Å². The highest BCUT2D eigenvalue weighted by atomic mass is 15.1. The zero-order valence-electron chi connectivity index (χ0n) is 6.53. The van der Waals surface area contributed by atoms with Crippen LogP contribution in [0.15, 0.2) is 12.4 Å². The van der Waals surface area contributed by atoms with Crippen LogP contribution in [-0.4, -0.2) is 16.1 Å². The summed E-state index contributed by atoms with van der Waals surface area (Å²) in [5, 5.41) is 0. The van der Waals surface area contributed by atoms with E-state index in [1.165, 1.54) is 12.8 Å². The van der Waals surface area contributed by atoms with E-state index in [0.717, 1.165) is 18.3 Å². The van der Waals surface area contributed by atoms with E-state index in [2.05, 4.69) is 15.7 Å². The fourth-order valence-electron chi connectivity index (χ4n) is 1.35. The van der Waals surface area contributed by atoms with Gasteiger partial charge >= 0.3 is 0 Å². The molecule has 3 nitrogen and oxygen atoms in total. The van der Waals surface area contributed by atoms with E-state index in [1.807, 2.05) is 6.20 Å². The Morgan fingerprint density at radius 3 is 3.09 bits per heavy atom. The highest BCUT2D eigenvalue weighted by Crippen LogP contribution is 2.35. The zero-order chi connectivity index (χ0) is 7.68. The van der Waals surface area contributed by atoms with E-state index < -0.39 is 0 Å². The van der Waals surface area contributed by atoms with E-state index in [-0.39, 0.29) is 0 Å². The Kier molecular flexibility index (Phi) is 1.66. The van der Waals surface area contributed by atoms with Crippen molar-refractivity contribution in [2.75, 3.05) is 6.54 Å². The number of nitrogens with two attached hydrogens (primary N) is 1. The summed E-state index contributed by atoms with van der Waals surface area (Å²) in [6.07, 6.45) is 7.46. The molecule has 0 saturated heterocycles. The van der Waals surface area contributed by atoms with Crippen LogP contribution in [-0.2, 0) is 6.42 Å². The number of hydrogen-bond acceptors (Lipinski definition) is 2. The first-order valence-electron chi connectivity index (χ1n) is 4.13. The van der Waals surface area contributed by atoms with Crippen molar-refractivity contribution < 1.29 is 0 Å². The molecule has 0 atom stereocenters. The van der Waals surface area contributed by atoms with E-state index in [4.69, 9.17) is 5.73 Å². The molecule has 2 N–H and O–H groups in total. The second kappa shape index (κ2) is 2.66. The van der Waals surface area contributed by atoms with Gasteiger partial charge in [-0.25, -0.2) is 4.98 Å². The maximum absolute atomic E-state index is 5.46. The van der Waals surface area contributed by atoms with Gasteiger partial charge in [-0.1, -0.05) is 0 Å². The Balaban J connectivity index is 2.16. The normalized spacial score (nSPS) is 17.2. The van der Waals surface area contributed by atoms with Gasteiger partial charge < -0.3 is 10.3 Å². The maximum Gasteiger partial charge on any atom is 0.110 e. The molecule has 3 heteroatoms. The maximum atomic E-state index is 5.46. The number of rotatable bonds is 3. The molecule has 0 amide bonds. The fourth-order valence-corrected chi connectivity index (χ4v) is 1.35. The number of hydrogen-bond donors (Lipinski definition) is 1. The largest absolute Gasteiger partial charge is 0.332 e. The summed E-state index contributed by atoms with van der Waals surface area (Å²) in [7, 11) is 0. The van der Waals surface area contributed by atoms with Gasteiger partial charge in [0, 0.05) is 24.9 Å². The molecule has 1 aromatic rings. The van der Waals surface area contributed by atoms with Crippen molar-refractivity contribution in [3.05, 3.63) is 18.2 Å². The zero-order valence-corrected chi connectivity index (χ0v) is 6.53. The minimum atomic E-state index is 0.698. The molecule has 0 spiro atoms. The predicted molar refractivity (Wildman–Crippen MR) is 43.3 cm³/mol. The van der Waals surface area contributed by atoms with Gasteiger partial charge in [0.1, 0.15) is 5.82 Å². The number of aromatic nitrogens is 2. The van der Waals surface area contributed by atoms with Crippen molar-refractivity contribution in [1.29, 1.82) is 0 Å². The number of nitrogens with zero attached hydrogens (tertiary/aromatic N) is 2. The highest BCUT2D eigenvalue weighted by molar-refractivity contribution is 4.99. The molecule has 1 saturated carbocycles. The molecule has 1 fully saturated rings. The topological polar surface area (TPSA) is 43.8 Å². The lowest BCUT2D eigenvalue weighted by Gasteiger charge is -2.03. The van der Waals surface area contributed by atoms with Crippen molar-refractivity contribution in [3.63, 3.8) is 0 Å². The monoisotopic (exact) mass is 151 g/mol. The van der Waals surface area contributed by atoms with Crippen LogP contribution in [0.1, 0.15) is 24.7 Å². The van der Waals surface area contributed by atoms with Crippen LogP contribution in [0.2, 0.25) is 0 Å². The molecule has 0 bridgehead atoms. The van der Waals surface area contributed by atoms with Gasteiger partial charge in [0.05, 0.1) is 0 Å². The molecule has 0 radical (unpaired) electrons. The second-order valence-electron chi connectivity index (χ2n) is 3.02. The molecule has 2 rings (SSSR count). The summed E-state index contributed by atoms with van der Waals surface area (Å²) >= 11 is 0. The molecule has 0 aromatic carbocycles. The summed E-state index contributed by atoms with van der Waals surface area (Å²) in [6.45, 7) is 0.698. The molecule has 0 aliphatic heterocycles. The first-order valence-corrected chi connectivity index (χ1v) is 4.13. The number of imidazole rings is 1. The van der Waals surface area contributed by atoms with Gasteiger partial charge in [-0.15, -0.1) is 0 Å². The van der Waals surface area contributed by atoms with Crippen molar-refractivity contribution in [3.8, 4) is 0 Å². The average Bonchev–Trinajstić information content (AvgIpc) is 2.75. The Bertz CT molecular complexity index is 237. The molecule has 60 valence electrons.